The molecule has 0 unspecified atom stereocenters. The minimum Gasteiger partial charge on any atom is -0.497 e. The fraction of sp³-hybridized carbons (Fsp3) is 0.682. The van der Waals surface area contributed by atoms with Crippen molar-refractivity contribution in [1.82, 2.24) is 9.21 Å². The number of aryl methyl sites for hydroxylation is 1. The van der Waals surface area contributed by atoms with Crippen molar-refractivity contribution >= 4 is 16.1 Å². The number of hydrogen-bond acceptors (Lipinski definition) is 6. The summed E-state index contributed by atoms with van der Waals surface area (Å²) in [7, 11) is -0.795. The van der Waals surface area contributed by atoms with Crippen LogP contribution in [0.5, 0.6) is 11.5 Å². The SMILES string of the molecule is CCCCCc1cc(OC)cc(OC)c1S(=O)(=O)N1CCN(C(=O)OC(C)(C)C)CC1. The maximum Gasteiger partial charge on any atom is 0.410 e. The number of carbonyl (C=O) groups is 1. The van der Waals surface area contributed by atoms with Gasteiger partial charge >= 0.3 is 6.09 Å². The van der Waals surface area contributed by atoms with Crippen molar-refractivity contribution in [3.8, 4) is 11.5 Å². The van der Waals surface area contributed by atoms with Crippen molar-refractivity contribution < 1.29 is 27.4 Å². The topological polar surface area (TPSA) is 85.4 Å². The maximum absolute atomic E-state index is 13.6. The average molecular weight is 457 g/mol. The zero-order valence-electron chi connectivity index (χ0n) is 19.6. The number of piperazine rings is 1. The molecule has 0 aromatic heterocycles. The van der Waals surface area contributed by atoms with Gasteiger partial charge in [0.25, 0.3) is 0 Å². The summed E-state index contributed by atoms with van der Waals surface area (Å²) >= 11 is 0. The quantitative estimate of drug-likeness (QED) is 0.555. The van der Waals surface area contributed by atoms with E-state index in [0.29, 0.717) is 17.7 Å². The van der Waals surface area contributed by atoms with Crippen LogP contribution in [0.25, 0.3) is 0 Å². The molecular weight excluding hydrogens is 420 g/mol. The summed E-state index contributed by atoms with van der Waals surface area (Å²) in [5.41, 5.74) is 0.101. The van der Waals surface area contributed by atoms with Crippen molar-refractivity contribution in [2.75, 3.05) is 40.4 Å². The van der Waals surface area contributed by atoms with Gasteiger partial charge in [-0.05, 0) is 45.2 Å². The van der Waals surface area contributed by atoms with Gasteiger partial charge in [-0.15, -0.1) is 0 Å². The molecule has 0 aliphatic carbocycles. The van der Waals surface area contributed by atoms with Crippen molar-refractivity contribution in [2.24, 2.45) is 0 Å². The smallest absolute Gasteiger partial charge is 0.410 e. The Balaban J connectivity index is 2.28. The van der Waals surface area contributed by atoms with E-state index in [2.05, 4.69) is 6.92 Å². The van der Waals surface area contributed by atoms with Gasteiger partial charge in [-0.25, -0.2) is 13.2 Å². The Morgan fingerprint density at radius 2 is 1.68 bits per heavy atom. The summed E-state index contributed by atoms with van der Waals surface area (Å²) in [4.78, 5) is 14.1. The number of nitrogens with zero attached hydrogens (tertiary/aromatic N) is 2. The Labute approximate surface area is 186 Å². The van der Waals surface area contributed by atoms with E-state index in [1.54, 1.807) is 24.1 Å². The molecule has 0 N–H and O–H groups in total. The summed E-state index contributed by atoms with van der Waals surface area (Å²) in [6.07, 6.45) is 3.12. The molecule has 31 heavy (non-hydrogen) atoms. The second kappa shape index (κ2) is 10.5. The zero-order chi connectivity index (χ0) is 23.2. The molecule has 176 valence electrons. The molecule has 1 aromatic rings. The average Bonchev–Trinajstić information content (AvgIpc) is 2.72. The highest BCUT2D eigenvalue weighted by molar-refractivity contribution is 7.89. The Bertz CT molecular complexity index is 855. The van der Waals surface area contributed by atoms with Crippen molar-refractivity contribution in [3.63, 3.8) is 0 Å². The van der Waals surface area contributed by atoms with E-state index in [1.807, 2.05) is 20.8 Å². The molecule has 2 rings (SSSR count). The fourth-order valence-corrected chi connectivity index (χ4v) is 5.30. The molecule has 0 saturated carbocycles. The number of amides is 1. The Kier molecular flexibility index (Phi) is 8.59. The largest absolute Gasteiger partial charge is 0.497 e. The number of unbranched alkanes of at least 4 members (excludes halogenated alkanes) is 2. The predicted molar refractivity (Wildman–Crippen MR) is 119 cm³/mol. The highest BCUT2D eigenvalue weighted by atomic mass is 32.2. The van der Waals surface area contributed by atoms with E-state index in [4.69, 9.17) is 14.2 Å². The lowest BCUT2D eigenvalue weighted by atomic mass is 10.1. The van der Waals surface area contributed by atoms with Crippen LogP contribution in [-0.4, -0.2) is 69.7 Å². The monoisotopic (exact) mass is 456 g/mol. The molecule has 8 nitrogen and oxygen atoms in total. The second-order valence-corrected chi connectivity index (χ2v) is 10.5. The number of benzene rings is 1. The number of methoxy groups -OCH3 is 2. The summed E-state index contributed by atoms with van der Waals surface area (Å²) in [5, 5.41) is 0. The molecule has 1 aliphatic rings. The molecule has 1 aliphatic heterocycles. The number of ether oxygens (including phenoxy) is 3. The summed E-state index contributed by atoms with van der Waals surface area (Å²) in [6.45, 7) is 8.48. The minimum atomic E-state index is -3.81. The van der Waals surface area contributed by atoms with Crippen LogP contribution in [0.3, 0.4) is 0 Å². The first kappa shape index (κ1) is 25.3. The van der Waals surface area contributed by atoms with Gasteiger partial charge in [-0.1, -0.05) is 19.8 Å². The van der Waals surface area contributed by atoms with Crippen LogP contribution in [-0.2, 0) is 21.2 Å². The lowest BCUT2D eigenvalue weighted by molar-refractivity contribution is 0.0192. The van der Waals surface area contributed by atoms with Gasteiger partial charge in [-0.2, -0.15) is 4.31 Å². The van der Waals surface area contributed by atoms with Gasteiger partial charge < -0.3 is 19.1 Å². The molecule has 1 amide bonds. The molecule has 0 atom stereocenters. The van der Waals surface area contributed by atoms with E-state index in [9.17, 15) is 13.2 Å². The van der Waals surface area contributed by atoms with Crippen LogP contribution in [0.4, 0.5) is 4.79 Å². The van der Waals surface area contributed by atoms with Gasteiger partial charge in [0.05, 0.1) is 14.2 Å². The van der Waals surface area contributed by atoms with Crippen LogP contribution >= 0.6 is 0 Å². The minimum absolute atomic E-state index is 0.192. The third-order valence-electron chi connectivity index (χ3n) is 5.10. The van der Waals surface area contributed by atoms with Crippen molar-refractivity contribution in [3.05, 3.63) is 17.7 Å². The predicted octanol–water partition coefficient (Wildman–Crippen LogP) is 3.68. The van der Waals surface area contributed by atoms with Gasteiger partial charge in [0, 0.05) is 32.2 Å². The van der Waals surface area contributed by atoms with Crippen molar-refractivity contribution in [1.29, 1.82) is 0 Å². The second-order valence-electron chi connectivity index (χ2n) is 8.65. The third-order valence-corrected chi connectivity index (χ3v) is 7.12. The van der Waals surface area contributed by atoms with Gasteiger partial charge in [0.2, 0.25) is 10.0 Å². The van der Waals surface area contributed by atoms with E-state index >= 15 is 0 Å². The van der Waals surface area contributed by atoms with Crippen molar-refractivity contribution in [2.45, 2.75) is 63.9 Å². The maximum atomic E-state index is 13.6. The molecule has 9 heteroatoms. The Hall–Kier alpha value is -2.00. The van der Waals surface area contributed by atoms with Crippen LogP contribution in [0.2, 0.25) is 0 Å². The molecule has 0 spiro atoms. The number of hydrogen-bond donors (Lipinski definition) is 0. The third kappa shape index (κ3) is 6.49. The normalized spacial score (nSPS) is 15.6. The first-order chi connectivity index (χ1) is 14.5. The molecule has 0 radical (unpaired) electrons. The number of sulfonamides is 1. The molecule has 1 saturated heterocycles. The lowest BCUT2D eigenvalue weighted by Crippen LogP contribution is -2.51. The summed E-state index contributed by atoms with van der Waals surface area (Å²) < 4.78 is 44.8. The first-order valence-electron chi connectivity index (χ1n) is 10.8. The molecule has 0 bridgehead atoms. The van der Waals surface area contributed by atoms with Gasteiger partial charge in [0.1, 0.15) is 22.0 Å². The first-order valence-corrected chi connectivity index (χ1v) is 12.2. The Morgan fingerprint density at radius 3 is 2.19 bits per heavy atom. The number of carbonyl (C=O) groups excluding carboxylic acids is 1. The summed E-state index contributed by atoms with van der Waals surface area (Å²) in [5.74, 6) is 0.845. The van der Waals surface area contributed by atoms with Crippen LogP contribution in [0.15, 0.2) is 17.0 Å². The van der Waals surface area contributed by atoms with E-state index in [0.717, 1.165) is 19.3 Å². The molecule has 1 fully saturated rings. The van der Waals surface area contributed by atoms with E-state index in [1.165, 1.54) is 11.4 Å². The van der Waals surface area contributed by atoms with Gasteiger partial charge in [0.15, 0.2) is 0 Å². The van der Waals surface area contributed by atoms with Crippen LogP contribution in [0, 0.1) is 0 Å². The zero-order valence-corrected chi connectivity index (χ0v) is 20.4. The molecular formula is C22H36N2O6S. The van der Waals surface area contributed by atoms with Crippen LogP contribution in [0.1, 0.15) is 52.5 Å². The standard InChI is InChI=1S/C22H36N2O6S/c1-7-8-9-10-17-15-18(28-5)16-19(29-6)20(17)31(26,27)24-13-11-23(12-14-24)21(25)30-22(2,3)4/h15-16H,7-14H2,1-6H3. The van der Waals surface area contributed by atoms with E-state index < -0.39 is 21.7 Å². The highest BCUT2D eigenvalue weighted by Crippen LogP contribution is 2.36. The highest BCUT2D eigenvalue weighted by Gasteiger charge is 2.35. The molecule has 1 aromatic carbocycles. The number of rotatable bonds is 8. The fourth-order valence-electron chi connectivity index (χ4n) is 3.51. The van der Waals surface area contributed by atoms with E-state index in [-0.39, 0.29) is 36.8 Å². The Morgan fingerprint density at radius 1 is 1.03 bits per heavy atom. The molecule has 1 heterocycles. The van der Waals surface area contributed by atoms with Crippen LogP contribution < -0.4 is 9.47 Å². The van der Waals surface area contributed by atoms with Gasteiger partial charge in [-0.3, -0.25) is 0 Å². The summed E-state index contributed by atoms with van der Waals surface area (Å²) in [6, 6.07) is 3.38. The lowest BCUT2D eigenvalue weighted by Gasteiger charge is -2.35.